The van der Waals surface area contributed by atoms with Crippen molar-refractivity contribution in [3.63, 3.8) is 0 Å². The van der Waals surface area contributed by atoms with Crippen LogP contribution in [0.4, 0.5) is 5.69 Å². The lowest BCUT2D eigenvalue weighted by atomic mass is 9.99. The molecule has 2 aliphatic rings. The molecule has 0 spiro atoms. The molecule has 0 aromatic heterocycles. The van der Waals surface area contributed by atoms with Gasteiger partial charge in [0.1, 0.15) is 0 Å². The minimum atomic E-state index is -0.476. The first-order valence-electron chi connectivity index (χ1n) is 5.27. The van der Waals surface area contributed by atoms with Gasteiger partial charge in [0.05, 0.1) is 5.60 Å². The molecule has 2 nitrogen and oxygen atoms in total. The van der Waals surface area contributed by atoms with Crippen molar-refractivity contribution in [2.75, 3.05) is 18.5 Å². The number of nitrogens with zero attached hydrogens (tertiary/aromatic N) is 1. The van der Waals surface area contributed by atoms with Crippen LogP contribution in [0.1, 0.15) is 24.0 Å². The summed E-state index contributed by atoms with van der Waals surface area (Å²) >= 11 is 0. The first-order valence-corrected chi connectivity index (χ1v) is 5.27. The smallest absolute Gasteiger partial charge is 0.0902 e. The summed E-state index contributed by atoms with van der Waals surface area (Å²) in [6, 6.07) is 6.30. The quantitative estimate of drug-likeness (QED) is 0.726. The molecule has 1 heterocycles. The highest BCUT2D eigenvalue weighted by Gasteiger charge is 2.44. The van der Waals surface area contributed by atoms with E-state index in [1.807, 2.05) is 0 Å². The van der Waals surface area contributed by atoms with Crippen molar-refractivity contribution in [2.24, 2.45) is 0 Å². The Morgan fingerprint density at radius 1 is 1.36 bits per heavy atom. The molecule has 1 aliphatic heterocycles. The van der Waals surface area contributed by atoms with Crippen LogP contribution in [0.15, 0.2) is 18.2 Å². The van der Waals surface area contributed by atoms with Gasteiger partial charge in [0.25, 0.3) is 0 Å². The second-order valence-corrected chi connectivity index (χ2v) is 4.51. The maximum atomic E-state index is 10.1. The fourth-order valence-corrected chi connectivity index (χ4v) is 2.42. The zero-order valence-corrected chi connectivity index (χ0v) is 8.45. The van der Waals surface area contributed by atoms with Crippen LogP contribution in [-0.4, -0.2) is 18.7 Å². The number of rotatable bonds is 1. The lowest BCUT2D eigenvalue weighted by Gasteiger charge is -2.15. The SMILES string of the molecule is CN1CCc2c1cccc2C1(O)CC1. The highest BCUT2D eigenvalue weighted by molar-refractivity contribution is 5.62. The summed E-state index contributed by atoms with van der Waals surface area (Å²) in [4.78, 5) is 2.27. The summed E-state index contributed by atoms with van der Waals surface area (Å²) in [5, 5.41) is 10.1. The maximum Gasteiger partial charge on any atom is 0.0902 e. The fraction of sp³-hybridized carbons (Fsp3) is 0.500. The standard InChI is InChI=1S/C12H15NO/c1-13-8-5-9-10(12(14)6-7-12)3-2-4-11(9)13/h2-4,14H,5-8H2,1H3. The van der Waals surface area contributed by atoms with E-state index in [1.165, 1.54) is 16.8 Å². The molecule has 1 saturated carbocycles. The zero-order valence-electron chi connectivity index (χ0n) is 8.45. The van der Waals surface area contributed by atoms with Gasteiger partial charge in [-0.25, -0.2) is 0 Å². The van der Waals surface area contributed by atoms with Crippen LogP contribution >= 0.6 is 0 Å². The summed E-state index contributed by atoms with van der Waals surface area (Å²) in [5.41, 5.74) is 3.38. The molecule has 0 saturated heterocycles. The van der Waals surface area contributed by atoms with E-state index in [0.717, 1.165) is 25.8 Å². The number of benzene rings is 1. The van der Waals surface area contributed by atoms with Crippen molar-refractivity contribution in [1.29, 1.82) is 0 Å². The summed E-state index contributed by atoms with van der Waals surface area (Å²) in [5.74, 6) is 0. The number of aliphatic hydroxyl groups is 1. The van der Waals surface area contributed by atoms with Crippen molar-refractivity contribution in [3.05, 3.63) is 29.3 Å². The minimum Gasteiger partial charge on any atom is -0.385 e. The normalized spacial score (nSPS) is 22.3. The average molecular weight is 189 g/mol. The Balaban J connectivity index is 2.14. The van der Waals surface area contributed by atoms with E-state index >= 15 is 0 Å². The first-order chi connectivity index (χ1) is 6.71. The summed E-state index contributed by atoms with van der Waals surface area (Å²) < 4.78 is 0. The molecule has 0 unspecified atom stereocenters. The Kier molecular flexibility index (Phi) is 1.49. The molecule has 1 aliphatic carbocycles. The zero-order chi connectivity index (χ0) is 9.76. The third kappa shape index (κ3) is 1.01. The molecule has 0 bridgehead atoms. The van der Waals surface area contributed by atoms with Gasteiger partial charge in [0, 0.05) is 19.3 Å². The molecule has 1 aromatic carbocycles. The average Bonchev–Trinajstić information content (AvgIpc) is 2.83. The van der Waals surface area contributed by atoms with Gasteiger partial charge in [-0.2, -0.15) is 0 Å². The van der Waals surface area contributed by atoms with E-state index in [9.17, 15) is 5.11 Å². The molecule has 1 fully saturated rings. The highest BCUT2D eigenvalue weighted by atomic mass is 16.3. The largest absolute Gasteiger partial charge is 0.385 e. The molecular formula is C12H15NO. The number of hydrogen-bond donors (Lipinski definition) is 1. The van der Waals surface area contributed by atoms with Crippen molar-refractivity contribution in [2.45, 2.75) is 24.9 Å². The van der Waals surface area contributed by atoms with E-state index in [4.69, 9.17) is 0 Å². The summed E-state index contributed by atoms with van der Waals surface area (Å²) in [6.07, 6.45) is 2.96. The van der Waals surface area contributed by atoms with Gasteiger partial charge in [0.15, 0.2) is 0 Å². The first kappa shape index (κ1) is 8.30. The number of hydrogen-bond acceptors (Lipinski definition) is 2. The number of likely N-dealkylation sites (N-methyl/N-ethyl adjacent to an activating group) is 1. The monoisotopic (exact) mass is 189 g/mol. The van der Waals surface area contributed by atoms with Gasteiger partial charge in [-0.1, -0.05) is 12.1 Å². The lowest BCUT2D eigenvalue weighted by molar-refractivity contribution is 0.150. The van der Waals surface area contributed by atoms with Crippen LogP contribution in [0.2, 0.25) is 0 Å². The number of anilines is 1. The van der Waals surface area contributed by atoms with Crippen LogP contribution in [0.3, 0.4) is 0 Å². The predicted molar refractivity (Wildman–Crippen MR) is 56.5 cm³/mol. The molecule has 0 atom stereocenters. The Bertz CT molecular complexity index is 382. The van der Waals surface area contributed by atoms with Gasteiger partial charge >= 0.3 is 0 Å². The number of fused-ring (bicyclic) bond motifs is 1. The molecule has 1 aromatic rings. The molecule has 1 N–H and O–H groups in total. The molecule has 0 radical (unpaired) electrons. The summed E-state index contributed by atoms with van der Waals surface area (Å²) in [7, 11) is 2.12. The van der Waals surface area contributed by atoms with Crippen molar-refractivity contribution < 1.29 is 5.11 Å². The molecule has 14 heavy (non-hydrogen) atoms. The summed E-state index contributed by atoms with van der Waals surface area (Å²) in [6.45, 7) is 1.09. The van der Waals surface area contributed by atoms with E-state index in [-0.39, 0.29) is 0 Å². The Hall–Kier alpha value is -1.02. The van der Waals surface area contributed by atoms with E-state index in [1.54, 1.807) is 0 Å². The van der Waals surface area contributed by atoms with E-state index in [2.05, 4.69) is 30.1 Å². The highest BCUT2D eigenvalue weighted by Crippen LogP contribution is 2.48. The van der Waals surface area contributed by atoms with Crippen LogP contribution in [0, 0.1) is 0 Å². The van der Waals surface area contributed by atoms with Crippen molar-refractivity contribution in [3.8, 4) is 0 Å². The Morgan fingerprint density at radius 3 is 2.86 bits per heavy atom. The van der Waals surface area contributed by atoms with Gasteiger partial charge in [-0.3, -0.25) is 0 Å². The molecule has 2 heteroatoms. The fourth-order valence-electron chi connectivity index (χ4n) is 2.42. The van der Waals surface area contributed by atoms with Gasteiger partial charge in [0.2, 0.25) is 0 Å². The van der Waals surface area contributed by atoms with Crippen LogP contribution in [0.25, 0.3) is 0 Å². The van der Waals surface area contributed by atoms with Gasteiger partial charge < -0.3 is 10.0 Å². The second-order valence-electron chi connectivity index (χ2n) is 4.51. The maximum absolute atomic E-state index is 10.1. The molecular weight excluding hydrogens is 174 g/mol. The third-order valence-corrected chi connectivity index (χ3v) is 3.48. The van der Waals surface area contributed by atoms with Gasteiger partial charge in [-0.05, 0) is 36.5 Å². The third-order valence-electron chi connectivity index (χ3n) is 3.48. The van der Waals surface area contributed by atoms with E-state index < -0.39 is 5.60 Å². The van der Waals surface area contributed by atoms with E-state index in [0.29, 0.717) is 0 Å². The molecule has 74 valence electrons. The molecule has 3 rings (SSSR count). The lowest BCUT2D eigenvalue weighted by Crippen LogP contribution is -2.12. The van der Waals surface area contributed by atoms with Gasteiger partial charge in [-0.15, -0.1) is 0 Å². The van der Waals surface area contributed by atoms with Crippen LogP contribution < -0.4 is 4.90 Å². The van der Waals surface area contributed by atoms with Crippen LogP contribution in [0.5, 0.6) is 0 Å². The predicted octanol–water partition coefficient (Wildman–Crippen LogP) is 1.66. The van der Waals surface area contributed by atoms with Crippen LogP contribution in [-0.2, 0) is 12.0 Å². The minimum absolute atomic E-state index is 0.476. The molecule has 0 amide bonds. The topological polar surface area (TPSA) is 23.5 Å². The Morgan fingerprint density at radius 2 is 2.14 bits per heavy atom. The van der Waals surface area contributed by atoms with Crippen molar-refractivity contribution >= 4 is 5.69 Å². The van der Waals surface area contributed by atoms with Crippen molar-refractivity contribution in [1.82, 2.24) is 0 Å². The second kappa shape index (κ2) is 2.51. The Labute approximate surface area is 84.2 Å².